The van der Waals surface area contributed by atoms with Crippen molar-refractivity contribution in [3.8, 4) is 5.75 Å². The van der Waals surface area contributed by atoms with Crippen molar-refractivity contribution in [1.29, 1.82) is 0 Å². The van der Waals surface area contributed by atoms with Crippen LogP contribution in [-0.4, -0.2) is 17.3 Å². The van der Waals surface area contributed by atoms with E-state index in [1.54, 1.807) is 25.3 Å². The summed E-state index contributed by atoms with van der Waals surface area (Å²) in [7, 11) is 1.57. The summed E-state index contributed by atoms with van der Waals surface area (Å²) in [6.07, 6.45) is 1.81. The van der Waals surface area contributed by atoms with Gasteiger partial charge in [0.05, 0.1) is 17.7 Å². The maximum Gasteiger partial charge on any atom is 0.270 e. The first kappa shape index (κ1) is 16.1. The molecule has 116 valence electrons. The van der Waals surface area contributed by atoms with Crippen molar-refractivity contribution >= 4 is 57.6 Å². The highest BCUT2D eigenvalue weighted by Gasteiger charge is 2.34. The van der Waals surface area contributed by atoms with E-state index in [-0.39, 0.29) is 5.91 Å². The highest BCUT2D eigenvalue weighted by Crippen LogP contribution is 2.39. The minimum atomic E-state index is -0.153. The average molecular weight is 362 g/mol. The van der Waals surface area contributed by atoms with Crippen LogP contribution >= 0.6 is 35.6 Å². The summed E-state index contributed by atoms with van der Waals surface area (Å²) in [6.45, 7) is 0. The van der Waals surface area contributed by atoms with Crippen LogP contribution in [0.4, 0.5) is 5.69 Å². The number of hydrogen-bond acceptors (Lipinski definition) is 4. The molecule has 23 heavy (non-hydrogen) atoms. The van der Waals surface area contributed by atoms with E-state index in [1.165, 1.54) is 16.7 Å². The lowest BCUT2D eigenvalue weighted by atomic mass is 10.2. The molecule has 0 bridgehead atoms. The quantitative estimate of drug-likeness (QED) is 0.582. The Hall–Kier alpha value is -1.82. The number of thiocarbonyl (C=S) groups is 1. The summed E-state index contributed by atoms with van der Waals surface area (Å²) >= 11 is 12.5. The van der Waals surface area contributed by atoms with E-state index in [0.717, 1.165) is 5.56 Å². The predicted octanol–water partition coefficient (Wildman–Crippen LogP) is 4.75. The molecule has 1 fully saturated rings. The van der Waals surface area contributed by atoms with Crippen LogP contribution in [0.2, 0.25) is 5.02 Å². The number of carbonyl (C=O) groups is 1. The summed E-state index contributed by atoms with van der Waals surface area (Å²) in [4.78, 5) is 14.8. The Balaban J connectivity index is 1.95. The molecular formula is C17H12ClNO2S2. The molecule has 1 amide bonds. The van der Waals surface area contributed by atoms with Gasteiger partial charge < -0.3 is 4.74 Å². The minimum Gasteiger partial charge on any atom is -0.495 e. The van der Waals surface area contributed by atoms with E-state index in [1.807, 2.05) is 36.4 Å². The van der Waals surface area contributed by atoms with E-state index < -0.39 is 0 Å². The molecule has 2 aromatic rings. The molecule has 3 nitrogen and oxygen atoms in total. The number of carbonyl (C=O) groups excluding carboxylic acids is 1. The molecule has 0 aromatic heterocycles. The Morgan fingerprint density at radius 1 is 1.17 bits per heavy atom. The van der Waals surface area contributed by atoms with Crippen molar-refractivity contribution in [2.45, 2.75) is 0 Å². The second kappa shape index (κ2) is 6.74. The van der Waals surface area contributed by atoms with Crippen LogP contribution in [0.5, 0.6) is 5.75 Å². The Morgan fingerprint density at radius 3 is 2.57 bits per heavy atom. The molecule has 0 unspecified atom stereocenters. The van der Waals surface area contributed by atoms with Gasteiger partial charge in [0.15, 0.2) is 4.32 Å². The highest BCUT2D eigenvalue weighted by molar-refractivity contribution is 8.27. The van der Waals surface area contributed by atoms with Crippen LogP contribution in [0.3, 0.4) is 0 Å². The van der Waals surface area contributed by atoms with Crippen LogP contribution < -0.4 is 9.64 Å². The molecule has 0 N–H and O–H groups in total. The van der Waals surface area contributed by atoms with Crippen LogP contribution in [-0.2, 0) is 4.79 Å². The lowest BCUT2D eigenvalue weighted by molar-refractivity contribution is -0.113. The molecule has 0 saturated carbocycles. The molecule has 6 heteroatoms. The number of ether oxygens (including phenoxy) is 1. The summed E-state index contributed by atoms with van der Waals surface area (Å²) in [5, 5.41) is 0.656. The third-order valence-electron chi connectivity index (χ3n) is 3.29. The first-order chi connectivity index (χ1) is 11.1. The number of halogens is 1. The maximum atomic E-state index is 12.7. The number of rotatable bonds is 3. The summed E-state index contributed by atoms with van der Waals surface area (Å²) in [5.41, 5.74) is 1.55. The van der Waals surface area contributed by atoms with Gasteiger partial charge in [-0.1, -0.05) is 59.8 Å². The zero-order chi connectivity index (χ0) is 16.4. The number of hydrogen-bond donors (Lipinski definition) is 0. The van der Waals surface area contributed by atoms with Gasteiger partial charge in [-0.25, -0.2) is 0 Å². The Morgan fingerprint density at radius 2 is 1.87 bits per heavy atom. The molecule has 1 aliphatic heterocycles. The normalized spacial score (nSPS) is 16.3. The maximum absolute atomic E-state index is 12.7. The fourth-order valence-electron chi connectivity index (χ4n) is 2.20. The van der Waals surface area contributed by atoms with Crippen molar-refractivity contribution in [3.05, 3.63) is 64.0 Å². The van der Waals surface area contributed by atoms with E-state index in [0.29, 0.717) is 25.7 Å². The Bertz CT molecular complexity index is 802. The monoisotopic (exact) mass is 361 g/mol. The van der Waals surface area contributed by atoms with Gasteiger partial charge in [-0.05, 0) is 35.9 Å². The Kier molecular flexibility index (Phi) is 4.71. The summed E-state index contributed by atoms with van der Waals surface area (Å²) in [6, 6.07) is 14.6. The second-order valence-corrected chi connectivity index (χ2v) is 6.85. The third-order valence-corrected chi connectivity index (χ3v) is 4.84. The first-order valence-electron chi connectivity index (χ1n) is 6.76. The number of para-hydroxylation sites is 2. The molecule has 0 radical (unpaired) electrons. The van der Waals surface area contributed by atoms with E-state index >= 15 is 0 Å². The van der Waals surface area contributed by atoms with Crippen LogP contribution in [0.25, 0.3) is 6.08 Å². The SMILES string of the molecule is COc1ccccc1N1C(=O)/C(=C/c2ccc(Cl)cc2)SC1=S. The van der Waals surface area contributed by atoms with Gasteiger partial charge in [-0.2, -0.15) is 0 Å². The van der Waals surface area contributed by atoms with Crippen molar-refractivity contribution in [2.75, 3.05) is 12.0 Å². The van der Waals surface area contributed by atoms with E-state index in [9.17, 15) is 4.79 Å². The Labute approximate surface area is 148 Å². The zero-order valence-electron chi connectivity index (χ0n) is 12.2. The second-order valence-electron chi connectivity index (χ2n) is 4.74. The lowest BCUT2D eigenvalue weighted by Gasteiger charge is -2.17. The number of nitrogens with zero attached hydrogens (tertiary/aromatic N) is 1. The van der Waals surface area contributed by atoms with Crippen molar-refractivity contribution in [1.82, 2.24) is 0 Å². The van der Waals surface area contributed by atoms with Crippen LogP contribution in [0.1, 0.15) is 5.56 Å². The molecule has 1 saturated heterocycles. The molecular weight excluding hydrogens is 350 g/mol. The van der Waals surface area contributed by atoms with Gasteiger partial charge in [-0.3, -0.25) is 9.69 Å². The van der Waals surface area contributed by atoms with E-state index in [4.69, 9.17) is 28.6 Å². The summed E-state index contributed by atoms with van der Waals surface area (Å²) < 4.78 is 5.81. The van der Waals surface area contributed by atoms with Gasteiger partial charge in [-0.15, -0.1) is 0 Å². The molecule has 0 spiro atoms. The largest absolute Gasteiger partial charge is 0.495 e. The first-order valence-corrected chi connectivity index (χ1v) is 8.37. The predicted molar refractivity (Wildman–Crippen MR) is 100 cm³/mol. The molecule has 1 heterocycles. The molecule has 2 aromatic carbocycles. The molecule has 0 atom stereocenters. The van der Waals surface area contributed by atoms with E-state index in [2.05, 4.69) is 0 Å². The number of amides is 1. The topological polar surface area (TPSA) is 29.5 Å². The van der Waals surface area contributed by atoms with Gasteiger partial charge >= 0.3 is 0 Å². The van der Waals surface area contributed by atoms with Crippen LogP contribution in [0, 0.1) is 0 Å². The fourth-order valence-corrected chi connectivity index (χ4v) is 3.61. The highest BCUT2D eigenvalue weighted by atomic mass is 35.5. The van der Waals surface area contributed by atoms with Gasteiger partial charge in [0.2, 0.25) is 0 Å². The minimum absolute atomic E-state index is 0.153. The zero-order valence-corrected chi connectivity index (χ0v) is 14.5. The molecule has 3 rings (SSSR count). The third kappa shape index (κ3) is 3.27. The number of thioether (sulfide) groups is 1. The standard InChI is InChI=1S/C17H12ClNO2S2/c1-21-14-5-3-2-4-13(14)19-16(20)15(23-17(19)22)10-11-6-8-12(18)9-7-11/h2-10H,1H3/b15-10-. The fraction of sp³-hybridized carbons (Fsp3) is 0.0588. The number of benzene rings is 2. The van der Waals surface area contributed by atoms with Crippen molar-refractivity contribution in [3.63, 3.8) is 0 Å². The number of methoxy groups -OCH3 is 1. The average Bonchev–Trinajstić information content (AvgIpc) is 2.83. The van der Waals surface area contributed by atoms with Crippen LogP contribution in [0.15, 0.2) is 53.4 Å². The summed E-state index contributed by atoms with van der Waals surface area (Å²) in [5.74, 6) is 0.455. The molecule has 0 aliphatic carbocycles. The van der Waals surface area contributed by atoms with Gasteiger partial charge in [0, 0.05) is 5.02 Å². The smallest absolute Gasteiger partial charge is 0.270 e. The van der Waals surface area contributed by atoms with Crippen molar-refractivity contribution in [2.24, 2.45) is 0 Å². The van der Waals surface area contributed by atoms with Gasteiger partial charge in [0.25, 0.3) is 5.91 Å². The number of anilines is 1. The molecule has 1 aliphatic rings. The lowest BCUT2D eigenvalue weighted by Crippen LogP contribution is -2.27. The van der Waals surface area contributed by atoms with Crippen molar-refractivity contribution < 1.29 is 9.53 Å². The van der Waals surface area contributed by atoms with Gasteiger partial charge in [0.1, 0.15) is 5.75 Å².